The Hall–Kier alpha value is -1.07. The largest absolute Gasteiger partial charge is 0.372 e. The molecule has 1 aliphatic heterocycles. The average molecular weight is 294 g/mol. The van der Waals surface area contributed by atoms with Gasteiger partial charge in [-0.15, -0.1) is 0 Å². The van der Waals surface area contributed by atoms with Crippen LogP contribution in [0.1, 0.15) is 45.9 Å². The van der Waals surface area contributed by atoms with E-state index in [2.05, 4.69) is 56.9 Å². The Balaban J connectivity index is 2.25. The molecule has 0 bridgehead atoms. The number of nitrogens with one attached hydrogen (secondary N) is 1. The molecule has 2 heterocycles. The summed E-state index contributed by atoms with van der Waals surface area (Å²) in [6.45, 7) is 15.6. The summed E-state index contributed by atoms with van der Waals surface area (Å²) in [6, 6.07) is 0. The van der Waals surface area contributed by atoms with E-state index in [1.54, 1.807) is 0 Å². The molecule has 21 heavy (non-hydrogen) atoms. The van der Waals surface area contributed by atoms with Crippen molar-refractivity contribution in [1.29, 1.82) is 0 Å². The van der Waals surface area contributed by atoms with Gasteiger partial charge in [0, 0.05) is 37.8 Å². The maximum absolute atomic E-state index is 5.85. The van der Waals surface area contributed by atoms with Crippen LogP contribution in [0.15, 0.2) is 0 Å². The molecule has 0 aromatic carbocycles. The van der Waals surface area contributed by atoms with Crippen LogP contribution in [-0.4, -0.2) is 40.6 Å². The van der Waals surface area contributed by atoms with Crippen molar-refractivity contribution < 1.29 is 4.74 Å². The van der Waals surface area contributed by atoms with Crippen molar-refractivity contribution >= 4 is 5.82 Å². The number of aryl methyl sites for hydroxylation is 2. The van der Waals surface area contributed by atoms with Gasteiger partial charge in [-0.3, -0.25) is 4.68 Å². The molecule has 1 saturated heterocycles. The second-order valence-electron chi connectivity index (χ2n) is 7.28. The molecular formula is C16H30N4O. The minimum Gasteiger partial charge on any atom is -0.372 e. The summed E-state index contributed by atoms with van der Waals surface area (Å²) in [5.41, 5.74) is 2.51. The number of anilines is 1. The summed E-state index contributed by atoms with van der Waals surface area (Å²) in [7, 11) is 2.04. The van der Waals surface area contributed by atoms with E-state index in [9.17, 15) is 0 Å². The molecule has 0 amide bonds. The van der Waals surface area contributed by atoms with E-state index >= 15 is 0 Å². The third-order valence-electron chi connectivity index (χ3n) is 3.83. The second kappa shape index (κ2) is 5.97. The van der Waals surface area contributed by atoms with Gasteiger partial charge in [-0.2, -0.15) is 5.10 Å². The standard InChI is InChI=1S/C16H30N4O/c1-11-9-20(10-12(2)21-11)15-14(8-17-16(4,5)6)13(3)18-19(15)7/h11-12,17H,8-10H2,1-7H3. The zero-order valence-electron chi connectivity index (χ0n) is 14.5. The molecule has 0 radical (unpaired) electrons. The summed E-state index contributed by atoms with van der Waals surface area (Å²) in [5.74, 6) is 1.23. The summed E-state index contributed by atoms with van der Waals surface area (Å²) < 4.78 is 7.87. The molecule has 0 aliphatic carbocycles. The van der Waals surface area contributed by atoms with Crippen LogP contribution in [0.4, 0.5) is 5.82 Å². The van der Waals surface area contributed by atoms with Gasteiger partial charge >= 0.3 is 0 Å². The maximum atomic E-state index is 5.85. The molecule has 2 atom stereocenters. The monoisotopic (exact) mass is 294 g/mol. The molecule has 2 rings (SSSR count). The van der Waals surface area contributed by atoms with Gasteiger partial charge in [-0.1, -0.05) is 0 Å². The fourth-order valence-corrected chi connectivity index (χ4v) is 3.00. The van der Waals surface area contributed by atoms with Crippen molar-refractivity contribution in [3.05, 3.63) is 11.3 Å². The molecular weight excluding hydrogens is 264 g/mol. The van der Waals surface area contributed by atoms with Crippen molar-refractivity contribution in [2.45, 2.75) is 65.8 Å². The number of rotatable bonds is 3. The number of hydrogen-bond donors (Lipinski definition) is 1. The maximum Gasteiger partial charge on any atom is 0.131 e. The summed E-state index contributed by atoms with van der Waals surface area (Å²) in [5, 5.41) is 8.21. The Labute approximate surface area is 128 Å². The predicted octanol–water partition coefficient (Wildman–Crippen LogP) is 2.23. The predicted molar refractivity (Wildman–Crippen MR) is 86.8 cm³/mol. The molecule has 2 unspecified atom stereocenters. The number of aromatic nitrogens is 2. The highest BCUT2D eigenvalue weighted by atomic mass is 16.5. The van der Waals surface area contributed by atoms with Gasteiger partial charge in [-0.05, 0) is 41.5 Å². The minimum atomic E-state index is 0.102. The first-order valence-electron chi connectivity index (χ1n) is 7.85. The summed E-state index contributed by atoms with van der Waals surface area (Å²) in [4.78, 5) is 2.42. The van der Waals surface area contributed by atoms with Gasteiger partial charge in [-0.25, -0.2) is 0 Å². The van der Waals surface area contributed by atoms with Crippen molar-refractivity contribution in [2.75, 3.05) is 18.0 Å². The molecule has 1 aromatic heterocycles. The third-order valence-corrected chi connectivity index (χ3v) is 3.83. The molecule has 5 nitrogen and oxygen atoms in total. The topological polar surface area (TPSA) is 42.3 Å². The Morgan fingerprint density at radius 3 is 2.33 bits per heavy atom. The lowest BCUT2D eigenvalue weighted by Crippen LogP contribution is -2.46. The van der Waals surface area contributed by atoms with Crippen LogP contribution in [0.25, 0.3) is 0 Å². The zero-order valence-corrected chi connectivity index (χ0v) is 14.5. The lowest BCUT2D eigenvalue weighted by Gasteiger charge is -2.37. The first-order chi connectivity index (χ1) is 9.67. The lowest BCUT2D eigenvalue weighted by molar-refractivity contribution is -0.00570. The van der Waals surface area contributed by atoms with Gasteiger partial charge in [0.15, 0.2) is 0 Å². The molecule has 5 heteroatoms. The normalized spacial score (nSPS) is 23.7. The van der Waals surface area contributed by atoms with Crippen molar-refractivity contribution in [1.82, 2.24) is 15.1 Å². The van der Waals surface area contributed by atoms with Crippen LogP contribution in [0.3, 0.4) is 0 Å². The van der Waals surface area contributed by atoms with E-state index in [1.807, 2.05) is 11.7 Å². The number of hydrogen-bond acceptors (Lipinski definition) is 4. The van der Waals surface area contributed by atoms with E-state index < -0.39 is 0 Å². The van der Waals surface area contributed by atoms with Gasteiger partial charge in [0.2, 0.25) is 0 Å². The Morgan fingerprint density at radius 2 is 1.81 bits per heavy atom. The highest BCUT2D eigenvalue weighted by Crippen LogP contribution is 2.26. The van der Waals surface area contributed by atoms with Crippen LogP contribution in [-0.2, 0) is 18.3 Å². The quantitative estimate of drug-likeness (QED) is 0.928. The number of morpholine rings is 1. The second-order valence-corrected chi connectivity index (χ2v) is 7.28. The van der Waals surface area contributed by atoms with Crippen molar-refractivity contribution in [3.63, 3.8) is 0 Å². The van der Waals surface area contributed by atoms with Crippen LogP contribution < -0.4 is 10.2 Å². The SMILES string of the molecule is Cc1nn(C)c(N2CC(C)OC(C)C2)c1CNC(C)(C)C. The molecule has 120 valence electrons. The van der Waals surface area contributed by atoms with Crippen LogP contribution in [0, 0.1) is 6.92 Å². The third kappa shape index (κ3) is 3.98. The van der Waals surface area contributed by atoms with E-state index in [4.69, 9.17) is 4.74 Å². The molecule has 1 aliphatic rings. The molecule has 0 saturated carbocycles. The van der Waals surface area contributed by atoms with Gasteiger partial charge in [0.1, 0.15) is 5.82 Å². The van der Waals surface area contributed by atoms with Crippen molar-refractivity contribution in [2.24, 2.45) is 7.05 Å². The molecule has 0 spiro atoms. The van der Waals surface area contributed by atoms with Gasteiger partial charge in [0.05, 0.1) is 17.9 Å². The highest BCUT2D eigenvalue weighted by Gasteiger charge is 2.27. The first-order valence-corrected chi connectivity index (χ1v) is 7.85. The van der Waals surface area contributed by atoms with E-state index in [0.717, 1.165) is 25.3 Å². The highest BCUT2D eigenvalue weighted by molar-refractivity contribution is 5.50. The minimum absolute atomic E-state index is 0.102. The average Bonchev–Trinajstić information content (AvgIpc) is 2.58. The molecule has 1 aromatic rings. The first kappa shape index (κ1) is 16.3. The van der Waals surface area contributed by atoms with E-state index in [-0.39, 0.29) is 17.7 Å². The fraction of sp³-hybridized carbons (Fsp3) is 0.812. The Bertz CT molecular complexity index is 479. The Kier molecular flexibility index (Phi) is 4.63. The van der Waals surface area contributed by atoms with Crippen LogP contribution >= 0.6 is 0 Å². The Morgan fingerprint density at radius 1 is 1.24 bits per heavy atom. The van der Waals surface area contributed by atoms with Crippen LogP contribution in [0.5, 0.6) is 0 Å². The zero-order chi connectivity index (χ0) is 15.8. The van der Waals surface area contributed by atoms with E-state index in [1.165, 1.54) is 11.4 Å². The molecule has 1 N–H and O–H groups in total. The van der Waals surface area contributed by atoms with Crippen LogP contribution in [0.2, 0.25) is 0 Å². The van der Waals surface area contributed by atoms with Crippen molar-refractivity contribution in [3.8, 4) is 0 Å². The van der Waals surface area contributed by atoms with E-state index in [0.29, 0.717) is 0 Å². The number of ether oxygens (including phenoxy) is 1. The molecule has 1 fully saturated rings. The lowest BCUT2D eigenvalue weighted by atomic mass is 10.1. The van der Waals surface area contributed by atoms with Gasteiger partial charge in [0.25, 0.3) is 0 Å². The summed E-state index contributed by atoms with van der Waals surface area (Å²) >= 11 is 0. The van der Waals surface area contributed by atoms with Gasteiger partial charge < -0.3 is 15.0 Å². The fourth-order valence-electron chi connectivity index (χ4n) is 3.00. The number of nitrogens with zero attached hydrogens (tertiary/aromatic N) is 3. The summed E-state index contributed by atoms with van der Waals surface area (Å²) in [6.07, 6.45) is 0.514. The smallest absolute Gasteiger partial charge is 0.131 e.